The van der Waals surface area contributed by atoms with E-state index in [0.29, 0.717) is 12.5 Å². The van der Waals surface area contributed by atoms with E-state index in [1.165, 1.54) is 18.4 Å². The number of hydrogen-bond acceptors (Lipinski definition) is 2. The maximum absolute atomic E-state index is 9.15. The van der Waals surface area contributed by atoms with Crippen LogP contribution in [0, 0.1) is 23.7 Å². The van der Waals surface area contributed by atoms with Gasteiger partial charge in [-0.05, 0) is 29.9 Å². The molecule has 1 fully saturated rings. The van der Waals surface area contributed by atoms with Gasteiger partial charge in [0.25, 0.3) is 0 Å². The molecule has 1 unspecified atom stereocenters. The molecule has 1 atom stereocenters. The minimum absolute atomic E-state index is 0.284. The van der Waals surface area contributed by atoms with Crippen molar-refractivity contribution < 1.29 is 0 Å². The van der Waals surface area contributed by atoms with Crippen molar-refractivity contribution in [2.45, 2.75) is 24.8 Å². The van der Waals surface area contributed by atoms with Gasteiger partial charge in [0.15, 0.2) is 0 Å². The third-order valence-corrected chi connectivity index (χ3v) is 2.86. The first-order valence-corrected chi connectivity index (χ1v) is 5.52. The van der Waals surface area contributed by atoms with Crippen molar-refractivity contribution in [3.8, 4) is 18.4 Å². The Morgan fingerprint density at radius 2 is 2.19 bits per heavy atom. The van der Waals surface area contributed by atoms with E-state index in [1.54, 1.807) is 0 Å². The highest BCUT2D eigenvalue weighted by molar-refractivity contribution is 5.38. The average Bonchev–Trinajstić information content (AvgIpc) is 3.15. The number of nitrogens with zero attached hydrogens (tertiary/aromatic N) is 1. The lowest BCUT2D eigenvalue weighted by atomic mass is 9.98. The van der Waals surface area contributed by atoms with E-state index in [0.717, 1.165) is 5.56 Å². The molecular formula is C14H14N2. The van der Waals surface area contributed by atoms with Crippen LogP contribution in [0.15, 0.2) is 24.3 Å². The van der Waals surface area contributed by atoms with Crippen LogP contribution in [0.2, 0.25) is 0 Å². The lowest BCUT2D eigenvalue weighted by Crippen LogP contribution is -2.21. The Bertz CT molecular complexity index is 447. The molecule has 1 saturated carbocycles. The maximum atomic E-state index is 9.15. The molecule has 0 spiro atoms. The summed E-state index contributed by atoms with van der Waals surface area (Å²) in [7, 11) is 0. The summed E-state index contributed by atoms with van der Waals surface area (Å²) in [6.07, 6.45) is 7.68. The molecule has 1 aromatic rings. The number of nitriles is 1. The molecule has 0 aromatic heterocycles. The van der Waals surface area contributed by atoms with Crippen molar-refractivity contribution in [1.82, 2.24) is 5.32 Å². The van der Waals surface area contributed by atoms with Crippen molar-refractivity contribution in [1.29, 1.82) is 5.26 Å². The molecule has 16 heavy (non-hydrogen) atoms. The third-order valence-electron chi connectivity index (χ3n) is 2.86. The molecule has 0 radical (unpaired) electrons. The highest BCUT2D eigenvalue weighted by Gasteiger charge is 2.27. The van der Waals surface area contributed by atoms with Gasteiger partial charge in [-0.1, -0.05) is 30.2 Å². The Morgan fingerprint density at radius 1 is 1.44 bits per heavy atom. The van der Waals surface area contributed by atoms with Crippen LogP contribution in [0.25, 0.3) is 0 Å². The summed E-state index contributed by atoms with van der Waals surface area (Å²) in [6.45, 7) is 0.428. The molecule has 0 bridgehead atoms. The van der Waals surface area contributed by atoms with Gasteiger partial charge in [0, 0.05) is 0 Å². The van der Waals surface area contributed by atoms with Crippen molar-refractivity contribution in [2.24, 2.45) is 0 Å². The second-order valence-electron chi connectivity index (χ2n) is 4.05. The zero-order valence-electron chi connectivity index (χ0n) is 9.11. The number of rotatable bonds is 4. The lowest BCUT2D eigenvalue weighted by Gasteiger charge is -2.14. The Kier molecular flexibility index (Phi) is 3.25. The first kappa shape index (κ1) is 10.7. The zero-order chi connectivity index (χ0) is 11.4. The Morgan fingerprint density at radius 3 is 2.81 bits per heavy atom. The van der Waals surface area contributed by atoms with Gasteiger partial charge < -0.3 is 0 Å². The standard InChI is InChI=1S/C14H14N2/c1-2-9-16-14(10-15)13-6-4-3-5-12(13)11-7-8-11/h1,3-6,11,14,16H,7-9H2. The Balaban J connectivity index is 2.24. The van der Waals surface area contributed by atoms with Crippen molar-refractivity contribution in [2.75, 3.05) is 6.54 Å². The first-order chi connectivity index (χ1) is 7.86. The maximum Gasteiger partial charge on any atom is 0.122 e. The fourth-order valence-electron chi connectivity index (χ4n) is 1.93. The van der Waals surface area contributed by atoms with E-state index in [-0.39, 0.29) is 6.04 Å². The van der Waals surface area contributed by atoms with E-state index in [1.807, 2.05) is 18.2 Å². The number of hydrogen-bond donors (Lipinski definition) is 1. The SMILES string of the molecule is C#CCNC(C#N)c1ccccc1C1CC1. The number of terminal acetylenes is 1. The molecule has 80 valence electrons. The van der Waals surface area contributed by atoms with E-state index < -0.39 is 0 Å². The smallest absolute Gasteiger partial charge is 0.122 e. The molecule has 1 aliphatic carbocycles. The van der Waals surface area contributed by atoms with Crippen LogP contribution < -0.4 is 5.32 Å². The molecule has 1 N–H and O–H groups in total. The fourth-order valence-corrected chi connectivity index (χ4v) is 1.93. The Labute approximate surface area is 96.3 Å². The minimum Gasteiger partial charge on any atom is -0.287 e. The molecule has 0 saturated heterocycles. The van der Waals surface area contributed by atoms with Crippen LogP contribution >= 0.6 is 0 Å². The largest absolute Gasteiger partial charge is 0.287 e. The van der Waals surface area contributed by atoms with Crippen LogP contribution in [-0.2, 0) is 0 Å². The molecule has 0 amide bonds. The van der Waals surface area contributed by atoms with Gasteiger partial charge in [-0.25, -0.2) is 0 Å². The average molecular weight is 210 g/mol. The summed E-state index contributed by atoms with van der Waals surface area (Å²) < 4.78 is 0. The molecule has 0 aliphatic heterocycles. The second-order valence-corrected chi connectivity index (χ2v) is 4.05. The first-order valence-electron chi connectivity index (χ1n) is 5.52. The van der Waals surface area contributed by atoms with Crippen LogP contribution in [0.1, 0.15) is 35.9 Å². The molecule has 1 aliphatic rings. The van der Waals surface area contributed by atoms with Gasteiger partial charge in [0.1, 0.15) is 6.04 Å². The summed E-state index contributed by atoms with van der Waals surface area (Å²) in [6, 6.07) is 10.1. The lowest BCUT2D eigenvalue weighted by molar-refractivity contribution is 0.683. The second kappa shape index (κ2) is 4.84. The van der Waals surface area contributed by atoms with Crippen LogP contribution in [0.4, 0.5) is 0 Å². The Hall–Kier alpha value is -1.77. The number of benzene rings is 1. The monoisotopic (exact) mass is 210 g/mol. The van der Waals surface area contributed by atoms with E-state index in [4.69, 9.17) is 11.7 Å². The third kappa shape index (κ3) is 2.24. The predicted octanol–water partition coefficient (Wildman–Crippen LogP) is 2.35. The molecule has 1 aromatic carbocycles. The van der Waals surface area contributed by atoms with Gasteiger partial charge in [0.2, 0.25) is 0 Å². The quantitative estimate of drug-likeness (QED) is 0.774. The van der Waals surface area contributed by atoms with Gasteiger partial charge in [0.05, 0.1) is 12.6 Å². The normalized spacial score (nSPS) is 16.1. The van der Waals surface area contributed by atoms with E-state index in [2.05, 4.69) is 23.4 Å². The summed E-state index contributed by atoms with van der Waals surface area (Å²) in [5.41, 5.74) is 2.39. The molecule has 2 heteroatoms. The van der Waals surface area contributed by atoms with Gasteiger partial charge in [-0.2, -0.15) is 5.26 Å². The summed E-state index contributed by atoms with van der Waals surface area (Å²) >= 11 is 0. The zero-order valence-corrected chi connectivity index (χ0v) is 9.11. The van der Waals surface area contributed by atoms with Crippen LogP contribution in [0.3, 0.4) is 0 Å². The van der Waals surface area contributed by atoms with E-state index in [9.17, 15) is 0 Å². The highest BCUT2D eigenvalue weighted by Crippen LogP contribution is 2.42. The molecular weight excluding hydrogens is 196 g/mol. The predicted molar refractivity (Wildman–Crippen MR) is 63.6 cm³/mol. The van der Waals surface area contributed by atoms with Gasteiger partial charge in [-0.3, -0.25) is 5.32 Å². The highest BCUT2D eigenvalue weighted by atomic mass is 14.9. The molecule has 2 rings (SSSR count). The van der Waals surface area contributed by atoms with Crippen molar-refractivity contribution in [3.05, 3.63) is 35.4 Å². The molecule has 2 nitrogen and oxygen atoms in total. The molecule has 0 heterocycles. The fraction of sp³-hybridized carbons (Fsp3) is 0.357. The number of nitrogens with one attached hydrogen (secondary N) is 1. The van der Waals surface area contributed by atoms with E-state index >= 15 is 0 Å². The topological polar surface area (TPSA) is 35.8 Å². The van der Waals surface area contributed by atoms with Crippen LogP contribution in [0.5, 0.6) is 0 Å². The van der Waals surface area contributed by atoms with Crippen molar-refractivity contribution in [3.63, 3.8) is 0 Å². The summed E-state index contributed by atoms with van der Waals surface area (Å²) in [5.74, 6) is 3.16. The van der Waals surface area contributed by atoms with Gasteiger partial charge in [-0.15, -0.1) is 6.42 Å². The summed E-state index contributed by atoms with van der Waals surface area (Å²) in [5, 5.41) is 12.2. The minimum atomic E-state index is -0.284. The summed E-state index contributed by atoms with van der Waals surface area (Å²) in [4.78, 5) is 0. The van der Waals surface area contributed by atoms with Gasteiger partial charge >= 0.3 is 0 Å². The van der Waals surface area contributed by atoms with Crippen molar-refractivity contribution >= 4 is 0 Å². The van der Waals surface area contributed by atoms with Crippen LogP contribution in [-0.4, -0.2) is 6.54 Å².